The number of carbonyl (C=O) groups excluding carboxylic acids is 2. The van der Waals surface area contributed by atoms with Crippen LogP contribution < -0.4 is 5.30 Å². The molecule has 0 radical (unpaired) electrons. The average molecular weight is 426 g/mol. The molecule has 5 heteroatoms. The molecule has 0 amide bonds. The van der Waals surface area contributed by atoms with Gasteiger partial charge in [0.25, 0.3) is 0 Å². The van der Waals surface area contributed by atoms with Crippen LogP contribution in [0.25, 0.3) is 0 Å². The normalized spacial score (nSPS) is 11.0. The van der Waals surface area contributed by atoms with E-state index in [1.165, 1.54) is 0 Å². The third-order valence-electron chi connectivity index (χ3n) is 5.47. The summed E-state index contributed by atoms with van der Waals surface area (Å²) in [7, 11) is -4.11. The first-order valence-electron chi connectivity index (χ1n) is 9.98. The predicted molar refractivity (Wildman–Crippen MR) is 131 cm³/mol. The van der Waals surface area contributed by atoms with Crippen molar-refractivity contribution in [2.45, 2.75) is 41.5 Å². The van der Waals surface area contributed by atoms with Crippen LogP contribution in [-0.4, -0.2) is 29.9 Å². The molecular formula is C26H28LiO3P. The SMILES string of the molecule is Cc1cc(C)c(C(=O)P(=O)(C(=O)c2c(C)cc(C)cc2C)c2ccccc2)c(C)c1.[LiH]. The van der Waals surface area contributed by atoms with E-state index in [9.17, 15) is 14.2 Å². The molecule has 0 atom stereocenters. The molecular weight excluding hydrogens is 398 g/mol. The monoisotopic (exact) mass is 426 g/mol. The molecule has 3 aromatic rings. The zero-order valence-electron chi connectivity index (χ0n) is 18.4. The maximum atomic E-state index is 14.5. The minimum atomic E-state index is -4.11. The van der Waals surface area contributed by atoms with E-state index in [0.29, 0.717) is 11.1 Å². The fraction of sp³-hybridized carbons (Fsp3) is 0.231. The molecule has 3 nitrogen and oxygen atoms in total. The zero-order chi connectivity index (χ0) is 22.2. The van der Waals surface area contributed by atoms with Crippen molar-refractivity contribution in [3.05, 3.63) is 99.1 Å². The standard InChI is InChI=1S/C26H27O3P.Li.H/c1-16-12-18(3)23(19(4)13-16)25(27)30(29,22-10-8-7-9-11-22)26(28)24-20(5)14-17(2)15-21(24)6;;/h7-15H,1-6H3;;. The molecule has 0 unspecified atom stereocenters. The van der Waals surface area contributed by atoms with E-state index in [0.717, 1.165) is 33.4 Å². The molecule has 0 saturated heterocycles. The first-order chi connectivity index (χ1) is 14.1. The van der Waals surface area contributed by atoms with E-state index >= 15 is 0 Å². The fourth-order valence-electron chi connectivity index (χ4n) is 4.31. The molecule has 0 aliphatic heterocycles. The summed E-state index contributed by atoms with van der Waals surface area (Å²) >= 11 is 0. The van der Waals surface area contributed by atoms with Crippen molar-refractivity contribution in [3.63, 3.8) is 0 Å². The van der Waals surface area contributed by atoms with E-state index in [1.807, 2.05) is 65.8 Å². The third-order valence-corrected chi connectivity index (χ3v) is 8.09. The molecule has 3 rings (SSSR count). The molecule has 0 aromatic heterocycles. The summed E-state index contributed by atoms with van der Waals surface area (Å²) in [4.78, 5) is 27.7. The molecule has 0 saturated carbocycles. The summed E-state index contributed by atoms with van der Waals surface area (Å²) in [5.41, 5.74) is 4.56. The van der Waals surface area contributed by atoms with Crippen LogP contribution in [0.5, 0.6) is 0 Å². The molecule has 31 heavy (non-hydrogen) atoms. The Kier molecular flexibility index (Phi) is 7.72. The van der Waals surface area contributed by atoms with Crippen LogP contribution in [-0.2, 0) is 4.57 Å². The Morgan fingerprint density at radius 2 is 0.935 bits per heavy atom. The molecule has 0 spiro atoms. The van der Waals surface area contributed by atoms with Gasteiger partial charge < -0.3 is 4.57 Å². The number of hydrogen-bond acceptors (Lipinski definition) is 3. The number of carbonyl (C=O) groups is 2. The van der Waals surface area contributed by atoms with Gasteiger partial charge in [-0.25, -0.2) is 0 Å². The second-order valence-electron chi connectivity index (χ2n) is 8.10. The molecule has 0 N–H and O–H groups in total. The first kappa shape index (κ1) is 25.1. The van der Waals surface area contributed by atoms with Crippen LogP contribution in [0.15, 0.2) is 54.6 Å². The van der Waals surface area contributed by atoms with Gasteiger partial charge in [0.2, 0.25) is 18.2 Å². The van der Waals surface area contributed by atoms with Crippen molar-refractivity contribution in [3.8, 4) is 0 Å². The maximum absolute atomic E-state index is 14.5. The number of hydrogen-bond donors (Lipinski definition) is 0. The molecule has 0 aliphatic rings. The summed E-state index contributed by atoms with van der Waals surface area (Å²) in [6.07, 6.45) is 0. The number of aryl methyl sites for hydroxylation is 6. The minimum absolute atomic E-state index is 0. The molecule has 0 heterocycles. The van der Waals surface area contributed by atoms with Crippen LogP contribution in [0.4, 0.5) is 0 Å². The Hall–Kier alpha value is -2.17. The second-order valence-corrected chi connectivity index (χ2v) is 10.6. The van der Waals surface area contributed by atoms with Crippen molar-refractivity contribution in [2.24, 2.45) is 0 Å². The van der Waals surface area contributed by atoms with Crippen molar-refractivity contribution >= 4 is 42.4 Å². The third kappa shape index (κ3) is 4.56. The quantitative estimate of drug-likeness (QED) is 0.397. The van der Waals surface area contributed by atoms with E-state index < -0.39 is 18.2 Å². The summed E-state index contributed by atoms with van der Waals surface area (Å²) in [6, 6.07) is 16.0. The van der Waals surface area contributed by atoms with Gasteiger partial charge in [0, 0.05) is 16.4 Å². The van der Waals surface area contributed by atoms with Crippen molar-refractivity contribution in [1.82, 2.24) is 0 Å². The summed E-state index contributed by atoms with van der Waals surface area (Å²) in [5, 5.41) is 0.277. The van der Waals surface area contributed by atoms with Gasteiger partial charge >= 0.3 is 18.9 Å². The van der Waals surface area contributed by atoms with Crippen LogP contribution in [0.1, 0.15) is 54.1 Å². The fourth-order valence-corrected chi connectivity index (χ4v) is 6.89. The molecule has 156 valence electrons. The van der Waals surface area contributed by atoms with Crippen LogP contribution >= 0.6 is 7.14 Å². The Balaban J connectivity index is 0.00000341. The van der Waals surface area contributed by atoms with Gasteiger partial charge in [-0.1, -0.05) is 65.7 Å². The number of rotatable bonds is 5. The van der Waals surface area contributed by atoms with Gasteiger partial charge in [-0.15, -0.1) is 0 Å². The van der Waals surface area contributed by atoms with Crippen molar-refractivity contribution in [2.75, 3.05) is 0 Å². The van der Waals surface area contributed by atoms with Crippen LogP contribution in [0, 0.1) is 41.5 Å². The van der Waals surface area contributed by atoms with E-state index in [-0.39, 0.29) is 24.2 Å². The topological polar surface area (TPSA) is 51.2 Å². The van der Waals surface area contributed by atoms with Gasteiger partial charge in [0.15, 0.2) is 0 Å². The van der Waals surface area contributed by atoms with Gasteiger partial charge in [-0.2, -0.15) is 0 Å². The number of benzene rings is 3. The van der Waals surface area contributed by atoms with Crippen molar-refractivity contribution in [1.29, 1.82) is 0 Å². The molecule has 0 aliphatic carbocycles. The Morgan fingerprint density at radius 1 is 0.613 bits per heavy atom. The zero-order valence-corrected chi connectivity index (χ0v) is 19.3. The Bertz CT molecular complexity index is 1090. The van der Waals surface area contributed by atoms with E-state index in [2.05, 4.69) is 0 Å². The molecule has 0 fully saturated rings. The Labute approximate surface area is 196 Å². The predicted octanol–water partition coefficient (Wildman–Crippen LogP) is 5.56. The first-order valence-corrected chi connectivity index (χ1v) is 11.7. The van der Waals surface area contributed by atoms with Gasteiger partial charge in [-0.05, 0) is 63.8 Å². The summed E-state index contributed by atoms with van der Waals surface area (Å²) in [6.45, 7) is 11.2. The van der Waals surface area contributed by atoms with E-state index in [4.69, 9.17) is 0 Å². The summed E-state index contributed by atoms with van der Waals surface area (Å²) < 4.78 is 14.5. The van der Waals surface area contributed by atoms with E-state index in [1.54, 1.807) is 30.3 Å². The van der Waals surface area contributed by atoms with Crippen LogP contribution in [0.3, 0.4) is 0 Å². The molecule has 3 aromatic carbocycles. The summed E-state index contributed by atoms with van der Waals surface area (Å²) in [5.74, 6) is 0. The Morgan fingerprint density at radius 3 is 1.26 bits per heavy atom. The van der Waals surface area contributed by atoms with Gasteiger partial charge in [0.1, 0.15) is 0 Å². The van der Waals surface area contributed by atoms with Crippen molar-refractivity contribution < 1.29 is 14.2 Å². The average Bonchev–Trinajstić information content (AvgIpc) is 2.66. The van der Waals surface area contributed by atoms with Gasteiger partial charge in [-0.3, -0.25) is 9.59 Å². The van der Waals surface area contributed by atoms with Gasteiger partial charge in [0.05, 0.1) is 0 Å². The molecule has 0 bridgehead atoms. The van der Waals surface area contributed by atoms with Crippen LogP contribution in [0.2, 0.25) is 0 Å². The second kappa shape index (κ2) is 9.54.